The number of nitrogens with zero attached hydrogens (tertiary/aromatic N) is 2. The number of anilines is 1. The highest BCUT2D eigenvalue weighted by molar-refractivity contribution is 7.91. The molecule has 3 aromatic rings. The van der Waals surface area contributed by atoms with E-state index >= 15 is 0 Å². The highest BCUT2D eigenvalue weighted by Crippen LogP contribution is 2.29. The first-order valence-corrected chi connectivity index (χ1v) is 12.0. The fourth-order valence-corrected chi connectivity index (χ4v) is 6.48. The van der Waals surface area contributed by atoms with Crippen molar-refractivity contribution >= 4 is 33.0 Å². The molecule has 1 aromatic carbocycles. The highest BCUT2D eigenvalue weighted by Gasteiger charge is 2.34. The standard InChI is InChI=1S/C21H23N3O4S2/c1-14-5-10-20(29-14)30(26,27)24-11-3-4-17(12-24)21(25)23-18-8-6-16(7-9-18)19-13-28-15(2)22-19/h5-10,13,17H,3-4,11-12H2,1-2H3,(H,23,25)/t17-/m1/s1. The molecule has 0 bridgehead atoms. The lowest BCUT2D eigenvalue weighted by molar-refractivity contribution is -0.120. The van der Waals surface area contributed by atoms with Crippen LogP contribution in [0.3, 0.4) is 0 Å². The van der Waals surface area contributed by atoms with Crippen LogP contribution in [0, 0.1) is 19.8 Å². The number of carbonyl (C=O) groups is 1. The minimum Gasteiger partial charge on any atom is -0.449 e. The van der Waals surface area contributed by atoms with Crippen LogP contribution in [0.25, 0.3) is 11.3 Å². The summed E-state index contributed by atoms with van der Waals surface area (Å²) < 4.78 is 32.8. The number of aromatic nitrogens is 1. The second-order valence-corrected chi connectivity index (χ2v) is 10.8. The molecule has 7 nitrogen and oxygen atoms in total. The van der Waals surface area contributed by atoms with Crippen molar-refractivity contribution in [2.24, 2.45) is 5.92 Å². The van der Waals surface area contributed by atoms with E-state index < -0.39 is 10.0 Å². The first kappa shape index (κ1) is 20.8. The van der Waals surface area contributed by atoms with E-state index in [1.54, 1.807) is 25.3 Å². The van der Waals surface area contributed by atoms with E-state index in [1.807, 2.05) is 31.2 Å². The lowest BCUT2D eigenvalue weighted by Crippen LogP contribution is -2.43. The monoisotopic (exact) mass is 445 g/mol. The second kappa shape index (κ2) is 8.33. The van der Waals surface area contributed by atoms with E-state index in [9.17, 15) is 13.2 Å². The van der Waals surface area contributed by atoms with Crippen molar-refractivity contribution in [2.75, 3.05) is 18.4 Å². The van der Waals surface area contributed by atoms with Gasteiger partial charge in [0.1, 0.15) is 16.2 Å². The van der Waals surface area contributed by atoms with Crippen LogP contribution in [0.15, 0.2) is 51.3 Å². The number of carbonyl (C=O) groups excluding carboxylic acids is 1. The molecule has 1 saturated heterocycles. The number of hydrogen-bond acceptors (Lipinski definition) is 6. The van der Waals surface area contributed by atoms with Gasteiger partial charge in [-0.2, -0.15) is 4.31 Å². The molecule has 0 saturated carbocycles. The van der Waals surface area contributed by atoms with Gasteiger partial charge in [-0.25, -0.2) is 13.4 Å². The number of hydrogen-bond donors (Lipinski definition) is 1. The summed E-state index contributed by atoms with van der Waals surface area (Å²) in [6.07, 6.45) is 2.92. The molecule has 1 N–H and O–H groups in total. The zero-order valence-corrected chi connectivity index (χ0v) is 18.4. The Hall–Kier alpha value is -2.49. The number of rotatable bonds is 5. The molecule has 1 fully saturated rings. The summed E-state index contributed by atoms with van der Waals surface area (Å²) in [5.41, 5.74) is 2.30. The summed E-state index contributed by atoms with van der Waals surface area (Å²) in [6.45, 7) is 4.30. The van der Waals surface area contributed by atoms with E-state index in [4.69, 9.17) is 4.42 Å². The number of amides is 1. The predicted molar refractivity (Wildman–Crippen MR) is 116 cm³/mol. The average Bonchev–Trinajstić information content (AvgIpc) is 3.37. The fourth-order valence-electron chi connectivity index (χ4n) is 3.52. The fraction of sp³-hybridized carbons (Fsp3) is 0.333. The summed E-state index contributed by atoms with van der Waals surface area (Å²) in [4.78, 5) is 18.0. The third-order valence-electron chi connectivity index (χ3n) is 5.13. The van der Waals surface area contributed by atoms with Crippen molar-refractivity contribution in [3.63, 3.8) is 0 Å². The molecule has 1 aliphatic rings. The molecule has 1 amide bonds. The van der Waals surface area contributed by atoms with E-state index in [1.165, 1.54) is 15.6 Å². The zero-order valence-electron chi connectivity index (χ0n) is 16.8. The molecule has 3 heterocycles. The van der Waals surface area contributed by atoms with Gasteiger partial charge in [-0.05, 0) is 44.0 Å². The van der Waals surface area contributed by atoms with Crippen molar-refractivity contribution in [2.45, 2.75) is 30.9 Å². The molecule has 0 aliphatic carbocycles. The van der Waals surface area contributed by atoms with Crippen molar-refractivity contribution < 1.29 is 17.6 Å². The maximum Gasteiger partial charge on any atom is 0.252 e. The Bertz CT molecular complexity index is 1150. The quantitative estimate of drug-likeness (QED) is 0.639. The van der Waals surface area contributed by atoms with Crippen LogP contribution in [0.2, 0.25) is 0 Å². The summed E-state index contributed by atoms with van der Waals surface area (Å²) in [5.74, 6) is 0.0478. The number of thiophene rings is 1. The topological polar surface area (TPSA) is 92.5 Å². The number of piperidine rings is 1. The molecule has 1 atom stereocenters. The molecule has 9 heteroatoms. The molecular weight excluding hydrogens is 422 g/mol. The predicted octanol–water partition coefficient (Wildman–Crippen LogP) is 4.06. The largest absolute Gasteiger partial charge is 0.449 e. The van der Waals surface area contributed by atoms with Gasteiger partial charge in [-0.1, -0.05) is 12.1 Å². The van der Waals surface area contributed by atoms with Gasteiger partial charge in [-0.3, -0.25) is 4.79 Å². The maximum atomic E-state index is 12.9. The van der Waals surface area contributed by atoms with Crippen molar-refractivity contribution in [3.05, 3.63) is 53.4 Å². The molecule has 2 aromatic heterocycles. The van der Waals surface area contributed by atoms with E-state index in [0.717, 1.165) is 16.1 Å². The Labute approximate surface area is 179 Å². The number of nitrogens with one attached hydrogen (secondary N) is 1. The summed E-state index contributed by atoms with van der Waals surface area (Å²) in [7, 11) is -3.56. The smallest absolute Gasteiger partial charge is 0.252 e. The molecule has 158 valence electrons. The molecule has 0 unspecified atom stereocenters. The van der Waals surface area contributed by atoms with Gasteiger partial charge in [0.2, 0.25) is 5.91 Å². The number of sulfonamides is 1. The minimum atomic E-state index is -3.56. The Morgan fingerprint density at radius 1 is 1.20 bits per heavy atom. The van der Waals surface area contributed by atoms with Gasteiger partial charge in [0.05, 0.1) is 5.92 Å². The minimum absolute atomic E-state index is 0.165. The van der Waals surface area contributed by atoms with Gasteiger partial charge in [0.25, 0.3) is 10.0 Å². The van der Waals surface area contributed by atoms with Crippen LogP contribution < -0.4 is 5.32 Å². The van der Waals surface area contributed by atoms with Crippen molar-refractivity contribution in [1.82, 2.24) is 9.29 Å². The van der Waals surface area contributed by atoms with Gasteiger partial charge in [-0.15, -0.1) is 11.3 Å². The number of oxazole rings is 1. The molecule has 4 rings (SSSR count). The SMILES string of the molecule is Cc1nc(-c2ccc(NC(=O)[C@@H]3CCCN(S(=O)(=O)c4ccc(C)s4)C3)cc2)co1. The Morgan fingerprint density at radius 3 is 2.60 bits per heavy atom. The average molecular weight is 446 g/mol. The van der Waals surface area contributed by atoms with Crippen molar-refractivity contribution in [3.8, 4) is 11.3 Å². The maximum absolute atomic E-state index is 12.9. The number of aryl methyl sites for hydroxylation is 2. The van der Waals surface area contributed by atoms with Crippen molar-refractivity contribution in [1.29, 1.82) is 0 Å². The van der Waals surface area contributed by atoms with Crippen LogP contribution in [0.4, 0.5) is 5.69 Å². The molecule has 1 aliphatic heterocycles. The van der Waals surface area contributed by atoms with Gasteiger partial charge >= 0.3 is 0 Å². The molecule has 30 heavy (non-hydrogen) atoms. The Balaban J connectivity index is 1.42. The third kappa shape index (κ3) is 4.33. The lowest BCUT2D eigenvalue weighted by atomic mass is 9.98. The number of benzene rings is 1. The third-order valence-corrected chi connectivity index (χ3v) is 8.47. The second-order valence-electron chi connectivity index (χ2n) is 7.39. The normalized spacial score (nSPS) is 17.7. The highest BCUT2D eigenvalue weighted by atomic mass is 32.2. The summed E-state index contributed by atoms with van der Waals surface area (Å²) >= 11 is 1.26. The molecule has 0 radical (unpaired) electrons. The molecule has 0 spiro atoms. The van der Waals surface area contributed by atoms with Crippen LogP contribution in [-0.4, -0.2) is 36.7 Å². The van der Waals surface area contributed by atoms with Gasteiger partial charge < -0.3 is 9.73 Å². The van der Waals surface area contributed by atoms with Gasteiger partial charge in [0, 0.05) is 36.1 Å². The first-order chi connectivity index (χ1) is 14.3. The van der Waals surface area contributed by atoms with Crippen LogP contribution in [0.1, 0.15) is 23.6 Å². The Morgan fingerprint density at radius 2 is 1.97 bits per heavy atom. The first-order valence-electron chi connectivity index (χ1n) is 9.73. The summed E-state index contributed by atoms with van der Waals surface area (Å²) in [6, 6.07) is 10.8. The summed E-state index contributed by atoms with van der Waals surface area (Å²) in [5, 5.41) is 2.91. The van der Waals surface area contributed by atoms with Gasteiger partial charge in [0.15, 0.2) is 5.89 Å². The van der Waals surface area contributed by atoms with E-state index in [-0.39, 0.29) is 18.4 Å². The van der Waals surface area contributed by atoms with Crippen LogP contribution in [-0.2, 0) is 14.8 Å². The lowest BCUT2D eigenvalue weighted by Gasteiger charge is -2.30. The zero-order chi connectivity index (χ0) is 21.3. The van der Waals surface area contributed by atoms with E-state index in [0.29, 0.717) is 35.2 Å². The Kier molecular flexibility index (Phi) is 5.77. The van der Waals surface area contributed by atoms with Crippen LogP contribution >= 0.6 is 11.3 Å². The van der Waals surface area contributed by atoms with Crippen LogP contribution in [0.5, 0.6) is 0 Å². The molecular formula is C21H23N3O4S2. The van der Waals surface area contributed by atoms with E-state index in [2.05, 4.69) is 10.3 Å².